The lowest BCUT2D eigenvalue weighted by Crippen LogP contribution is -2.49. The van der Waals surface area contributed by atoms with Gasteiger partial charge in [0.05, 0.1) is 17.9 Å². The number of hydrogen-bond donors (Lipinski definition) is 1. The van der Waals surface area contributed by atoms with Crippen molar-refractivity contribution in [1.82, 2.24) is 20.1 Å². The Morgan fingerprint density at radius 1 is 1.16 bits per heavy atom. The number of aromatic nitrogens is 3. The molecule has 2 fully saturated rings. The Balaban J connectivity index is 1.31. The van der Waals surface area contributed by atoms with Crippen LogP contribution in [0.2, 0.25) is 0 Å². The first-order chi connectivity index (χ1) is 12.2. The van der Waals surface area contributed by atoms with Gasteiger partial charge in [-0.2, -0.15) is 5.10 Å². The van der Waals surface area contributed by atoms with E-state index in [4.69, 9.17) is 0 Å². The number of carbonyl (C=O) groups excluding carboxylic acids is 1. The lowest BCUT2D eigenvalue weighted by Gasteiger charge is -2.34. The molecule has 1 atom stereocenters. The molecule has 7 nitrogen and oxygen atoms in total. The van der Waals surface area contributed by atoms with Crippen molar-refractivity contribution in [3.8, 4) is 0 Å². The summed E-state index contributed by atoms with van der Waals surface area (Å²) in [6.45, 7) is 2.71. The van der Waals surface area contributed by atoms with E-state index in [2.05, 4.69) is 26.4 Å². The number of piperidine rings is 1. The number of amides is 1. The zero-order valence-corrected chi connectivity index (χ0v) is 14.5. The average molecular weight is 340 g/mol. The molecule has 2 aliphatic rings. The maximum absolute atomic E-state index is 12.7. The SMILES string of the molecule is Cn1cc(N2CC[C@@H](NC3CCN(c4ccccn4)CC3)C2=O)cn1. The molecule has 25 heavy (non-hydrogen) atoms. The number of nitrogens with zero attached hydrogens (tertiary/aromatic N) is 5. The first-order valence-electron chi connectivity index (χ1n) is 8.93. The van der Waals surface area contributed by atoms with Crippen LogP contribution < -0.4 is 15.1 Å². The minimum absolute atomic E-state index is 0.0772. The van der Waals surface area contributed by atoms with Crippen molar-refractivity contribution in [2.24, 2.45) is 7.05 Å². The molecule has 2 aromatic rings. The van der Waals surface area contributed by atoms with Crippen LogP contribution in [0.1, 0.15) is 19.3 Å². The standard InChI is InChI=1S/C18H24N6O/c1-22-13-15(12-20-22)24-11-7-16(18(24)25)21-14-5-9-23(10-6-14)17-4-2-3-8-19-17/h2-4,8,12-14,16,21H,5-7,9-11H2,1H3/t16-/m1/s1. The first kappa shape index (κ1) is 16.1. The van der Waals surface area contributed by atoms with E-state index in [0.717, 1.165) is 50.4 Å². The molecule has 1 N–H and O–H groups in total. The van der Waals surface area contributed by atoms with Gasteiger partial charge in [-0.05, 0) is 31.4 Å². The van der Waals surface area contributed by atoms with Gasteiger partial charge in [0.15, 0.2) is 0 Å². The van der Waals surface area contributed by atoms with E-state index < -0.39 is 0 Å². The summed E-state index contributed by atoms with van der Waals surface area (Å²) < 4.78 is 1.73. The highest BCUT2D eigenvalue weighted by molar-refractivity contribution is 5.99. The summed E-state index contributed by atoms with van der Waals surface area (Å²) in [6, 6.07) is 6.34. The van der Waals surface area contributed by atoms with Crippen molar-refractivity contribution in [2.75, 3.05) is 29.4 Å². The number of carbonyl (C=O) groups is 1. The van der Waals surface area contributed by atoms with Crippen LogP contribution in [0, 0.1) is 0 Å². The maximum Gasteiger partial charge on any atom is 0.244 e. The van der Waals surface area contributed by atoms with Gasteiger partial charge < -0.3 is 15.1 Å². The van der Waals surface area contributed by atoms with Crippen molar-refractivity contribution in [2.45, 2.75) is 31.3 Å². The van der Waals surface area contributed by atoms with Crippen LogP contribution >= 0.6 is 0 Å². The molecule has 4 rings (SSSR count). The van der Waals surface area contributed by atoms with Crippen LogP contribution in [0.25, 0.3) is 0 Å². The fraction of sp³-hybridized carbons (Fsp3) is 0.500. The maximum atomic E-state index is 12.7. The van der Waals surface area contributed by atoms with Gasteiger partial charge in [0.1, 0.15) is 5.82 Å². The first-order valence-corrected chi connectivity index (χ1v) is 8.93. The monoisotopic (exact) mass is 340 g/mol. The summed E-state index contributed by atoms with van der Waals surface area (Å²) in [5, 5.41) is 7.75. The third-order valence-electron chi connectivity index (χ3n) is 5.11. The van der Waals surface area contributed by atoms with Crippen molar-refractivity contribution < 1.29 is 4.79 Å². The summed E-state index contributed by atoms with van der Waals surface area (Å²) in [4.78, 5) is 21.3. The molecule has 2 aromatic heterocycles. The van der Waals surface area contributed by atoms with Crippen molar-refractivity contribution >= 4 is 17.4 Å². The molecule has 0 bridgehead atoms. The van der Waals surface area contributed by atoms with Crippen LogP contribution in [0.5, 0.6) is 0 Å². The summed E-state index contributed by atoms with van der Waals surface area (Å²) in [6.07, 6.45) is 8.41. The van der Waals surface area contributed by atoms with Crippen LogP contribution in [0.4, 0.5) is 11.5 Å². The van der Waals surface area contributed by atoms with Gasteiger partial charge in [-0.15, -0.1) is 0 Å². The fourth-order valence-electron chi connectivity index (χ4n) is 3.74. The second-order valence-corrected chi connectivity index (χ2v) is 6.82. The molecule has 7 heteroatoms. The summed E-state index contributed by atoms with van der Waals surface area (Å²) in [5.74, 6) is 1.21. The van der Waals surface area contributed by atoms with E-state index in [1.165, 1.54) is 0 Å². The molecular formula is C18H24N6O. The highest BCUT2D eigenvalue weighted by Crippen LogP contribution is 2.23. The number of nitrogens with one attached hydrogen (secondary N) is 1. The van der Waals surface area contributed by atoms with E-state index in [0.29, 0.717) is 6.04 Å². The van der Waals surface area contributed by atoms with E-state index in [1.807, 2.05) is 36.5 Å². The van der Waals surface area contributed by atoms with Crippen molar-refractivity contribution in [3.63, 3.8) is 0 Å². The number of aryl methyl sites for hydroxylation is 1. The third kappa shape index (κ3) is 3.37. The number of rotatable bonds is 4. The van der Waals surface area contributed by atoms with Gasteiger partial charge in [0.2, 0.25) is 5.91 Å². The quantitative estimate of drug-likeness (QED) is 0.905. The lowest BCUT2D eigenvalue weighted by atomic mass is 10.0. The van der Waals surface area contributed by atoms with Crippen LogP contribution in [0.15, 0.2) is 36.8 Å². The van der Waals surface area contributed by atoms with Crippen molar-refractivity contribution in [3.05, 3.63) is 36.8 Å². The van der Waals surface area contributed by atoms with Gasteiger partial charge in [-0.25, -0.2) is 4.98 Å². The molecule has 2 saturated heterocycles. The number of anilines is 2. The van der Waals surface area contributed by atoms with Gasteiger partial charge in [0, 0.05) is 45.1 Å². The van der Waals surface area contributed by atoms with Gasteiger partial charge in [-0.3, -0.25) is 9.48 Å². The molecule has 0 spiro atoms. The number of pyridine rings is 1. The summed E-state index contributed by atoms with van der Waals surface area (Å²) >= 11 is 0. The Labute approximate surface area is 147 Å². The summed E-state index contributed by atoms with van der Waals surface area (Å²) in [7, 11) is 1.87. The smallest absolute Gasteiger partial charge is 0.244 e. The van der Waals surface area contributed by atoms with Crippen LogP contribution in [0.3, 0.4) is 0 Å². The third-order valence-corrected chi connectivity index (χ3v) is 5.11. The molecule has 2 aliphatic heterocycles. The van der Waals surface area contributed by atoms with Gasteiger partial charge in [-0.1, -0.05) is 6.07 Å². The molecule has 0 unspecified atom stereocenters. The second-order valence-electron chi connectivity index (χ2n) is 6.82. The average Bonchev–Trinajstić information content (AvgIpc) is 3.23. The molecule has 0 aromatic carbocycles. The Hall–Kier alpha value is -2.41. The van der Waals surface area contributed by atoms with Crippen LogP contribution in [-0.4, -0.2) is 52.4 Å². The van der Waals surface area contributed by atoms with Gasteiger partial charge in [0.25, 0.3) is 0 Å². The predicted molar refractivity (Wildman–Crippen MR) is 96.6 cm³/mol. The minimum atomic E-state index is -0.0772. The van der Waals surface area contributed by atoms with Crippen molar-refractivity contribution in [1.29, 1.82) is 0 Å². The molecular weight excluding hydrogens is 316 g/mol. The molecule has 0 aliphatic carbocycles. The Morgan fingerprint density at radius 2 is 2.00 bits per heavy atom. The zero-order valence-electron chi connectivity index (χ0n) is 14.5. The van der Waals surface area contributed by atoms with E-state index in [-0.39, 0.29) is 11.9 Å². The Bertz CT molecular complexity index is 722. The highest BCUT2D eigenvalue weighted by atomic mass is 16.2. The summed E-state index contributed by atoms with van der Waals surface area (Å²) in [5.41, 5.74) is 0.891. The normalized spacial score (nSPS) is 22.0. The van der Waals surface area contributed by atoms with E-state index in [1.54, 1.807) is 10.9 Å². The van der Waals surface area contributed by atoms with Crippen LogP contribution in [-0.2, 0) is 11.8 Å². The fourth-order valence-corrected chi connectivity index (χ4v) is 3.74. The second kappa shape index (κ2) is 6.84. The topological polar surface area (TPSA) is 66.3 Å². The largest absolute Gasteiger partial charge is 0.357 e. The predicted octanol–water partition coefficient (Wildman–Crippen LogP) is 1.18. The van der Waals surface area contributed by atoms with E-state index in [9.17, 15) is 4.79 Å². The minimum Gasteiger partial charge on any atom is -0.357 e. The molecule has 132 valence electrons. The van der Waals surface area contributed by atoms with Gasteiger partial charge >= 0.3 is 0 Å². The molecule has 0 radical (unpaired) electrons. The Kier molecular flexibility index (Phi) is 4.40. The molecule has 1 amide bonds. The Morgan fingerprint density at radius 3 is 2.68 bits per heavy atom. The zero-order chi connectivity index (χ0) is 17.2. The van der Waals surface area contributed by atoms with E-state index >= 15 is 0 Å². The lowest BCUT2D eigenvalue weighted by molar-refractivity contribution is -0.119. The number of hydrogen-bond acceptors (Lipinski definition) is 5. The molecule has 0 saturated carbocycles. The highest BCUT2D eigenvalue weighted by Gasteiger charge is 2.35. The molecule has 4 heterocycles.